The van der Waals surface area contributed by atoms with Gasteiger partial charge in [0.05, 0.1) is 17.4 Å². The number of nitrogens with zero attached hydrogens (tertiary/aromatic N) is 3. The maximum absolute atomic E-state index is 6.45. The first-order valence-corrected chi connectivity index (χ1v) is 17.8. The number of furan rings is 1. The zero-order valence-corrected chi connectivity index (χ0v) is 28.1. The van der Waals surface area contributed by atoms with E-state index in [1.807, 2.05) is 30.3 Å². The number of aromatic nitrogens is 2. The molecule has 0 saturated heterocycles. The van der Waals surface area contributed by atoms with Crippen LogP contribution in [0.5, 0.6) is 0 Å². The predicted molar refractivity (Wildman–Crippen MR) is 213 cm³/mol. The summed E-state index contributed by atoms with van der Waals surface area (Å²) in [5, 5.41) is 4.77. The summed E-state index contributed by atoms with van der Waals surface area (Å²) in [6.45, 7) is 0. The Kier molecular flexibility index (Phi) is 6.34. The summed E-state index contributed by atoms with van der Waals surface area (Å²) < 4.78 is 6.45. The van der Waals surface area contributed by atoms with Crippen LogP contribution < -0.4 is 4.90 Å². The van der Waals surface area contributed by atoms with Gasteiger partial charge in [0.25, 0.3) is 0 Å². The molecular formula is C48H31N3O. The molecule has 244 valence electrons. The molecule has 0 radical (unpaired) electrons. The Bertz CT molecular complexity index is 2870. The van der Waals surface area contributed by atoms with E-state index >= 15 is 0 Å². The van der Waals surface area contributed by atoms with Crippen LogP contribution in [0.1, 0.15) is 22.6 Å². The minimum absolute atomic E-state index is 0.162. The lowest BCUT2D eigenvalue weighted by atomic mass is 9.80. The van der Waals surface area contributed by atoms with Crippen molar-refractivity contribution in [2.45, 2.75) is 12.0 Å². The topological polar surface area (TPSA) is 42.2 Å². The lowest BCUT2D eigenvalue weighted by Gasteiger charge is -2.31. The van der Waals surface area contributed by atoms with Crippen molar-refractivity contribution in [2.24, 2.45) is 0 Å². The number of anilines is 2. The van der Waals surface area contributed by atoms with Gasteiger partial charge in [0.1, 0.15) is 11.2 Å². The normalized spacial score (nSPS) is 16.0. The van der Waals surface area contributed by atoms with Crippen LogP contribution in [-0.4, -0.2) is 16.0 Å². The molecule has 0 saturated carbocycles. The van der Waals surface area contributed by atoms with Gasteiger partial charge in [0.15, 0.2) is 5.82 Å². The molecule has 1 aliphatic carbocycles. The third-order valence-electron chi connectivity index (χ3n) is 10.8. The second-order valence-corrected chi connectivity index (χ2v) is 13.7. The SMILES string of the molecule is C1=CC2C(c3ccccc31)c1c(ccc3ccccc13)N2c1ccc(-c2nc(-c3ccccc3)cc(-c3cccc4c3oc3ccccc34)n2)cc1. The van der Waals surface area contributed by atoms with Crippen LogP contribution in [0.3, 0.4) is 0 Å². The molecule has 2 aromatic heterocycles. The van der Waals surface area contributed by atoms with Gasteiger partial charge in [0.2, 0.25) is 0 Å². The van der Waals surface area contributed by atoms with E-state index in [0.717, 1.165) is 55.7 Å². The first-order valence-electron chi connectivity index (χ1n) is 17.8. The average molecular weight is 666 g/mol. The standard InChI is InChI=1S/C48H31N3O/c1-2-13-32(14-3-1)40-29-41(39-19-10-18-38-37-17-8-9-20-44(37)52-47(38)39)50-48(49-40)33-21-25-34(26-22-33)51-42-27-23-30-11-4-6-15-35(30)45(42)46-36-16-7-5-12-31(36)24-28-43(46)51/h1-29,42,45H. The van der Waals surface area contributed by atoms with Gasteiger partial charge >= 0.3 is 0 Å². The molecule has 4 nitrogen and oxygen atoms in total. The molecule has 7 aromatic carbocycles. The van der Waals surface area contributed by atoms with Gasteiger partial charge in [-0.1, -0.05) is 127 Å². The van der Waals surface area contributed by atoms with Gasteiger partial charge in [-0.3, -0.25) is 0 Å². The van der Waals surface area contributed by atoms with Crippen LogP contribution >= 0.6 is 0 Å². The highest BCUT2D eigenvalue weighted by molar-refractivity contribution is 6.09. The number of benzene rings is 7. The maximum atomic E-state index is 6.45. The summed E-state index contributed by atoms with van der Waals surface area (Å²) in [4.78, 5) is 12.9. The number of hydrogen-bond acceptors (Lipinski definition) is 4. The Balaban J connectivity index is 1.05. The summed E-state index contributed by atoms with van der Waals surface area (Å²) in [6, 6.07) is 58.0. The summed E-state index contributed by atoms with van der Waals surface area (Å²) in [5.74, 6) is 0.907. The monoisotopic (exact) mass is 665 g/mol. The molecule has 0 amide bonds. The van der Waals surface area contributed by atoms with Crippen molar-refractivity contribution < 1.29 is 4.42 Å². The van der Waals surface area contributed by atoms with Gasteiger partial charge in [0, 0.05) is 44.8 Å². The third-order valence-corrected chi connectivity index (χ3v) is 10.8. The Morgan fingerprint density at radius 2 is 1.31 bits per heavy atom. The Morgan fingerprint density at radius 1 is 0.558 bits per heavy atom. The zero-order chi connectivity index (χ0) is 34.2. The molecule has 0 fully saturated rings. The second kappa shape index (κ2) is 11.4. The number of rotatable bonds is 4. The van der Waals surface area contributed by atoms with E-state index in [-0.39, 0.29) is 12.0 Å². The van der Waals surface area contributed by atoms with E-state index in [2.05, 4.69) is 151 Å². The first kappa shape index (κ1) is 29.0. The fraction of sp³-hybridized carbons (Fsp3) is 0.0417. The molecule has 52 heavy (non-hydrogen) atoms. The molecular weight excluding hydrogens is 635 g/mol. The summed E-state index contributed by atoms with van der Waals surface area (Å²) in [6.07, 6.45) is 4.67. The fourth-order valence-electron chi connectivity index (χ4n) is 8.49. The number of para-hydroxylation sites is 2. The summed E-state index contributed by atoms with van der Waals surface area (Å²) in [7, 11) is 0. The van der Waals surface area contributed by atoms with Crippen molar-refractivity contribution in [1.29, 1.82) is 0 Å². The molecule has 4 heteroatoms. The van der Waals surface area contributed by atoms with Crippen LogP contribution in [0, 0.1) is 0 Å². The van der Waals surface area contributed by atoms with E-state index in [0.29, 0.717) is 5.82 Å². The maximum Gasteiger partial charge on any atom is 0.160 e. The molecule has 2 atom stereocenters. The summed E-state index contributed by atoms with van der Waals surface area (Å²) in [5.41, 5.74) is 12.8. The van der Waals surface area contributed by atoms with Gasteiger partial charge in [-0.25, -0.2) is 9.97 Å². The highest BCUT2D eigenvalue weighted by Gasteiger charge is 2.42. The van der Waals surface area contributed by atoms with E-state index in [4.69, 9.17) is 14.4 Å². The molecule has 1 aliphatic heterocycles. The largest absolute Gasteiger partial charge is 0.455 e. The van der Waals surface area contributed by atoms with Crippen molar-refractivity contribution in [3.63, 3.8) is 0 Å². The van der Waals surface area contributed by atoms with Crippen molar-refractivity contribution in [3.05, 3.63) is 187 Å². The molecule has 2 unspecified atom stereocenters. The molecule has 9 aromatic rings. The van der Waals surface area contributed by atoms with E-state index in [1.54, 1.807) is 0 Å². The highest BCUT2D eigenvalue weighted by Crippen LogP contribution is 2.53. The van der Waals surface area contributed by atoms with E-state index in [9.17, 15) is 0 Å². The summed E-state index contributed by atoms with van der Waals surface area (Å²) >= 11 is 0. The molecule has 2 aliphatic rings. The molecule has 3 heterocycles. The third kappa shape index (κ3) is 4.41. The Hall–Kier alpha value is -6.78. The van der Waals surface area contributed by atoms with E-state index in [1.165, 1.54) is 33.2 Å². The van der Waals surface area contributed by atoms with Crippen molar-refractivity contribution >= 4 is 50.2 Å². The predicted octanol–water partition coefficient (Wildman–Crippen LogP) is 12.2. The number of hydrogen-bond donors (Lipinski definition) is 0. The lowest BCUT2D eigenvalue weighted by molar-refractivity contribution is 0.670. The van der Waals surface area contributed by atoms with Crippen LogP contribution in [0.15, 0.2) is 174 Å². The van der Waals surface area contributed by atoms with Crippen LogP contribution in [0.25, 0.3) is 72.7 Å². The Morgan fingerprint density at radius 3 is 2.21 bits per heavy atom. The molecule has 0 bridgehead atoms. The minimum Gasteiger partial charge on any atom is -0.455 e. The van der Waals surface area contributed by atoms with Gasteiger partial charge in [-0.15, -0.1) is 0 Å². The molecule has 0 spiro atoms. The Labute approximate surface area is 301 Å². The van der Waals surface area contributed by atoms with Crippen LogP contribution in [0.4, 0.5) is 11.4 Å². The van der Waals surface area contributed by atoms with Gasteiger partial charge < -0.3 is 9.32 Å². The van der Waals surface area contributed by atoms with Crippen LogP contribution in [-0.2, 0) is 0 Å². The minimum atomic E-state index is 0.162. The fourth-order valence-corrected chi connectivity index (χ4v) is 8.49. The molecule has 11 rings (SSSR count). The van der Waals surface area contributed by atoms with Gasteiger partial charge in [-0.2, -0.15) is 0 Å². The second-order valence-electron chi connectivity index (χ2n) is 13.7. The van der Waals surface area contributed by atoms with E-state index < -0.39 is 0 Å². The highest BCUT2D eigenvalue weighted by atomic mass is 16.3. The quantitative estimate of drug-likeness (QED) is 0.188. The van der Waals surface area contributed by atoms with Gasteiger partial charge in [-0.05, 0) is 76.0 Å². The number of fused-ring (bicyclic) bond motifs is 10. The zero-order valence-electron chi connectivity index (χ0n) is 28.1. The average Bonchev–Trinajstić information content (AvgIpc) is 3.78. The smallest absolute Gasteiger partial charge is 0.160 e. The van der Waals surface area contributed by atoms with Crippen molar-refractivity contribution in [2.75, 3.05) is 4.90 Å². The lowest BCUT2D eigenvalue weighted by Crippen LogP contribution is -2.30. The first-order chi connectivity index (χ1) is 25.8. The van der Waals surface area contributed by atoms with Crippen molar-refractivity contribution in [3.8, 4) is 33.9 Å². The van der Waals surface area contributed by atoms with Crippen molar-refractivity contribution in [1.82, 2.24) is 9.97 Å². The van der Waals surface area contributed by atoms with Crippen LogP contribution in [0.2, 0.25) is 0 Å². The molecule has 0 N–H and O–H groups in total.